The Morgan fingerprint density at radius 1 is 1.29 bits per heavy atom. The van der Waals surface area contributed by atoms with Crippen LogP contribution in [0, 0.1) is 6.92 Å². The first-order valence-electron chi connectivity index (χ1n) is 6.10. The molecule has 2 rings (SSSR count). The van der Waals surface area contributed by atoms with Gasteiger partial charge >= 0.3 is 0 Å². The molecule has 0 bridgehead atoms. The van der Waals surface area contributed by atoms with E-state index in [1.54, 1.807) is 0 Å². The number of rotatable bonds is 4. The zero-order valence-electron chi connectivity index (χ0n) is 11.1. The number of carbonyl (C=O) groups is 2. The topological polar surface area (TPSA) is 174 Å². The van der Waals surface area contributed by atoms with Crippen molar-refractivity contribution in [3.63, 3.8) is 0 Å². The minimum Gasteiger partial charge on any atom is -0.394 e. The molecule has 1 aliphatic heterocycles. The smallest absolute Gasteiger partial charge is 0.269 e. The van der Waals surface area contributed by atoms with Crippen LogP contribution in [0.4, 0.5) is 0 Å². The van der Waals surface area contributed by atoms with Crippen molar-refractivity contribution in [2.75, 3.05) is 6.61 Å². The highest BCUT2D eigenvalue weighted by molar-refractivity contribution is 6.04. The number of hydrogen-bond acceptors (Lipinski definition) is 7. The predicted molar refractivity (Wildman–Crippen MR) is 67.0 cm³/mol. The van der Waals surface area contributed by atoms with Crippen LogP contribution in [-0.4, -0.2) is 61.6 Å². The summed E-state index contributed by atoms with van der Waals surface area (Å²) in [4.78, 5) is 26.7. The van der Waals surface area contributed by atoms with E-state index >= 15 is 0 Å². The highest BCUT2D eigenvalue weighted by Gasteiger charge is 2.45. The summed E-state index contributed by atoms with van der Waals surface area (Å²) < 4.78 is 6.39. The fourth-order valence-electron chi connectivity index (χ4n) is 2.36. The Kier molecular flexibility index (Phi) is 3.96. The van der Waals surface area contributed by atoms with Gasteiger partial charge in [-0.15, -0.1) is 0 Å². The van der Waals surface area contributed by atoms with Crippen molar-refractivity contribution in [3.05, 3.63) is 17.2 Å². The van der Waals surface area contributed by atoms with E-state index in [1.807, 2.05) is 0 Å². The number of aromatic nitrogens is 2. The fraction of sp³-hybridized carbons (Fsp3) is 0.545. The van der Waals surface area contributed by atoms with E-state index in [2.05, 4.69) is 4.98 Å². The average Bonchev–Trinajstić information content (AvgIpc) is 2.89. The number of aliphatic hydroxyl groups excluding tert-OH is 3. The van der Waals surface area contributed by atoms with Crippen molar-refractivity contribution < 1.29 is 29.6 Å². The lowest BCUT2D eigenvalue weighted by molar-refractivity contribution is -0.0543. The van der Waals surface area contributed by atoms with Gasteiger partial charge in [-0.3, -0.25) is 14.2 Å². The summed E-state index contributed by atoms with van der Waals surface area (Å²) in [7, 11) is 0. The minimum absolute atomic E-state index is 0.146. The number of carbonyl (C=O) groups excluding carboxylic acids is 2. The lowest BCUT2D eigenvalue weighted by atomic mass is 10.1. The number of imidazole rings is 1. The molecule has 4 atom stereocenters. The Morgan fingerprint density at radius 3 is 2.33 bits per heavy atom. The molecule has 0 unspecified atom stereocenters. The second kappa shape index (κ2) is 5.41. The summed E-state index contributed by atoms with van der Waals surface area (Å²) in [6.07, 6.45) is -5.06. The van der Waals surface area contributed by atoms with Gasteiger partial charge in [0.15, 0.2) is 11.9 Å². The Bertz CT molecular complexity index is 586. The molecule has 21 heavy (non-hydrogen) atoms. The van der Waals surface area contributed by atoms with Gasteiger partial charge in [-0.05, 0) is 6.92 Å². The van der Waals surface area contributed by atoms with Gasteiger partial charge in [0.25, 0.3) is 11.8 Å². The molecule has 1 fully saturated rings. The SMILES string of the molecule is Cc1nc(C(N)=O)c(C(N)=O)n1[C@@H]1O[C@H](CO)[C@@H](O)[C@H]1O. The van der Waals surface area contributed by atoms with Crippen molar-refractivity contribution in [1.29, 1.82) is 0 Å². The Labute approximate surface area is 118 Å². The Hall–Kier alpha value is -2.01. The van der Waals surface area contributed by atoms with Gasteiger partial charge in [0, 0.05) is 0 Å². The molecule has 1 saturated heterocycles. The maximum atomic E-state index is 11.6. The molecular weight excluding hydrogens is 284 g/mol. The molecule has 1 aromatic heterocycles. The number of hydrogen-bond donors (Lipinski definition) is 5. The summed E-state index contributed by atoms with van der Waals surface area (Å²) >= 11 is 0. The second-order valence-electron chi connectivity index (χ2n) is 4.68. The molecule has 1 aromatic rings. The number of amides is 2. The third-order valence-electron chi connectivity index (χ3n) is 3.33. The van der Waals surface area contributed by atoms with Crippen molar-refractivity contribution in [1.82, 2.24) is 9.55 Å². The number of nitrogens with zero attached hydrogens (tertiary/aromatic N) is 2. The van der Waals surface area contributed by atoms with Crippen LogP contribution in [0.1, 0.15) is 33.0 Å². The largest absolute Gasteiger partial charge is 0.394 e. The van der Waals surface area contributed by atoms with Crippen molar-refractivity contribution in [2.45, 2.75) is 31.5 Å². The first-order chi connectivity index (χ1) is 9.79. The van der Waals surface area contributed by atoms with Crippen LogP contribution in [0.25, 0.3) is 0 Å². The predicted octanol–water partition coefficient (Wildman–Crippen LogP) is -3.00. The highest BCUT2D eigenvalue weighted by Crippen LogP contribution is 2.32. The van der Waals surface area contributed by atoms with E-state index < -0.39 is 43.0 Å². The maximum absolute atomic E-state index is 11.6. The molecule has 0 aliphatic carbocycles. The average molecular weight is 300 g/mol. The summed E-state index contributed by atoms with van der Waals surface area (Å²) in [6, 6.07) is 0. The first kappa shape index (κ1) is 15.4. The third kappa shape index (κ3) is 2.38. The van der Waals surface area contributed by atoms with E-state index in [0.29, 0.717) is 0 Å². The van der Waals surface area contributed by atoms with Gasteiger partial charge in [-0.1, -0.05) is 0 Å². The van der Waals surface area contributed by atoms with Crippen LogP contribution >= 0.6 is 0 Å². The van der Waals surface area contributed by atoms with Crippen molar-refractivity contribution in [2.24, 2.45) is 11.5 Å². The lowest BCUT2D eigenvalue weighted by Crippen LogP contribution is -2.34. The number of nitrogens with two attached hydrogens (primary N) is 2. The molecule has 0 spiro atoms. The molecule has 10 nitrogen and oxygen atoms in total. The second-order valence-corrected chi connectivity index (χ2v) is 4.68. The van der Waals surface area contributed by atoms with Crippen LogP contribution in [0.5, 0.6) is 0 Å². The molecule has 0 aromatic carbocycles. The maximum Gasteiger partial charge on any atom is 0.269 e. The zero-order chi connectivity index (χ0) is 15.9. The van der Waals surface area contributed by atoms with E-state index in [9.17, 15) is 19.8 Å². The Morgan fingerprint density at radius 2 is 1.90 bits per heavy atom. The van der Waals surface area contributed by atoms with Crippen LogP contribution < -0.4 is 11.5 Å². The van der Waals surface area contributed by atoms with Gasteiger partial charge in [0.1, 0.15) is 29.8 Å². The van der Waals surface area contributed by atoms with E-state index in [4.69, 9.17) is 21.3 Å². The number of aryl methyl sites for hydroxylation is 1. The summed E-state index contributed by atoms with van der Waals surface area (Å²) in [5, 5.41) is 28.8. The summed E-state index contributed by atoms with van der Waals surface area (Å²) in [6.45, 7) is 0.921. The number of ether oxygens (including phenoxy) is 1. The molecule has 116 valence electrons. The number of aliphatic hydroxyl groups is 3. The van der Waals surface area contributed by atoms with Crippen LogP contribution in [-0.2, 0) is 4.74 Å². The van der Waals surface area contributed by atoms with Gasteiger partial charge in [-0.2, -0.15) is 0 Å². The van der Waals surface area contributed by atoms with Gasteiger partial charge < -0.3 is 31.5 Å². The highest BCUT2D eigenvalue weighted by atomic mass is 16.6. The quantitative estimate of drug-likeness (QED) is 0.393. The molecule has 0 radical (unpaired) electrons. The van der Waals surface area contributed by atoms with E-state index in [-0.39, 0.29) is 17.2 Å². The minimum atomic E-state index is -1.44. The monoisotopic (exact) mass is 300 g/mol. The fourth-order valence-corrected chi connectivity index (χ4v) is 2.36. The van der Waals surface area contributed by atoms with Crippen LogP contribution in [0.2, 0.25) is 0 Å². The van der Waals surface area contributed by atoms with Crippen molar-refractivity contribution >= 4 is 11.8 Å². The zero-order valence-corrected chi connectivity index (χ0v) is 11.1. The molecule has 0 saturated carbocycles. The first-order valence-corrected chi connectivity index (χ1v) is 6.10. The summed E-state index contributed by atoms with van der Waals surface area (Å²) in [5.74, 6) is -1.80. The molecule has 10 heteroatoms. The molecule has 7 N–H and O–H groups in total. The van der Waals surface area contributed by atoms with Crippen molar-refractivity contribution in [3.8, 4) is 0 Å². The number of primary amides is 2. The van der Waals surface area contributed by atoms with Gasteiger partial charge in [0.2, 0.25) is 0 Å². The molecule has 2 heterocycles. The Balaban J connectivity index is 2.54. The molecule has 2 amide bonds. The van der Waals surface area contributed by atoms with E-state index in [0.717, 1.165) is 4.57 Å². The third-order valence-corrected chi connectivity index (χ3v) is 3.33. The normalized spacial score (nSPS) is 28.8. The van der Waals surface area contributed by atoms with Crippen LogP contribution in [0.3, 0.4) is 0 Å². The van der Waals surface area contributed by atoms with Gasteiger partial charge in [-0.25, -0.2) is 4.98 Å². The standard InChI is InChI=1S/C11H16N4O6/c1-3-14-5(9(12)19)6(10(13)20)15(3)11-8(18)7(17)4(2-16)21-11/h4,7-8,11,16-18H,2H2,1H3,(H2,12,19)(H2,13,20)/t4-,7-,8-,11-/m1/s1. The molecule has 1 aliphatic rings. The summed E-state index contributed by atoms with van der Waals surface area (Å²) in [5.41, 5.74) is 9.68. The van der Waals surface area contributed by atoms with Gasteiger partial charge in [0.05, 0.1) is 6.61 Å². The molecular formula is C11H16N4O6. The van der Waals surface area contributed by atoms with E-state index in [1.165, 1.54) is 6.92 Å². The lowest BCUT2D eigenvalue weighted by Gasteiger charge is -2.19. The van der Waals surface area contributed by atoms with Crippen LogP contribution in [0.15, 0.2) is 0 Å².